The number of nitrogens with zero attached hydrogens (tertiary/aromatic N) is 2. The zero-order chi connectivity index (χ0) is 30.6. The average Bonchev–Trinajstić information content (AvgIpc) is 3.63. The van der Waals surface area contributed by atoms with Crippen LogP contribution < -0.4 is 16.4 Å². The van der Waals surface area contributed by atoms with Gasteiger partial charge in [-0.25, -0.2) is 9.59 Å². The van der Waals surface area contributed by atoms with E-state index in [4.69, 9.17) is 4.74 Å². The topological polar surface area (TPSA) is 147 Å². The quantitative estimate of drug-likeness (QED) is 0.362. The molecular formula is C32H39N5O6. The van der Waals surface area contributed by atoms with Crippen LogP contribution in [0.5, 0.6) is 0 Å². The van der Waals surface area contributed by atoms with Gasteiger partial charge in [0.15, 0.2) is 5.82 Å². The summed E-state index contributed by atoms with van der Waals surface area (Å²) in [5.41, 5.74) is 1.69. The fraction of sp³-hybridized carbons (Fsp3) is 0.469. The number of carbonyl (C=O) groups excluding carboxylic acids is 3. The van der Waals surface area contributed by atoms with Crippen LogP contribution in [0.3, 0.4) is 0 Å². The third-order valence-corrected chi connectivity index (χ3v) is 8.17. The van der Waals surface area contributed by atoms with Crippen LogP contribution in [-0.2, 0) is 14.3 Å². The predicted molar refractivity (Wildman–Crippen MR) is 160 cm³/mol. The number of ether oxygens (including phenoxy) is 1. The first kappa shape index (κ1) is 30.1. The second kappa shape index (κ2) is 12.8. The molecule has 1 aromatic heterocycles. The van der Waals surface area contributed by atoms with Gasteiger partial charge in [-0.3, -0.25) is 9.59 Å². The molecule has 0 spiro atoms. The van der Waals surface area contributed by atoms with Gasteiger partial charge >= 0.3 is 11.8 Å². The predicted octanol–water partition coefficient (Wildman–Crippen LogP) is 4.68. The van der Waals surface area contributed by atoms with Crippen molar-refractivity contribution < 1.29 is 23.6 Å². The fourth-order valence-electron chi connectivity index (χ4n) is 6.08. The third-order valence-electron chi connectivity index (χ3n) is 8.17. The fourth-order valence-corrected chi connectivity index (χ4v) is 6.08. The monoisotopic (exact) mass is 589 g/mol. The van der Waals surface area contributed by atoms with Crippen molar-refractivity contribution in [2.75, 3.05) is 18.4 Å². The number of aromatic nitrogens is 2. The zero-order valence-corrected chi connectivity index (χ0v) is 24.8. The Labute approximate surface area is 250 Å². The number of anilines is 1. The number of rotatable bonds is 7. The molecule has 3 aromatic rings. The molecule has 1 saturated carbocycles. The summed E-state index contributed by atoms with van der Waals surface area (Å²) in [6.45, 7) is 6.52. The Balaban J connectivity index is 1.24. The maximum absolute atomic E-state index is 13.9. The molecule has 43 heavy (non-hydrogen) atoms. The molecule has 2 heterocycles. The Morgan fingerprint density at radius 1 is 1.00 bits per heavy atom. The highest BCUT2D eigenvalue weighted by Crippen LogP contribution is 2.38. The number of carbonyl (C=O) groups is 3. The van der Waals surface area contributed by atoms with E-state index in [0.29, 0.717) is 49.4 Å². The zero-order valence-electron chi connectivity index (χ0n) is 24.8. The average molecular weight is 590 g/mol. The SMILES string of the molecule is CC(C)(C)OC(=O)NC[C@H]1CC[C@H](C(=O)N2CC[C@@H](c3ccccc3)C2C(=O)Nc2ccc(-c3nc(=O)o[nH]3)cc2)CC1. The van der Waals surface area contributed by atoms with Crippen molar-refractivity contribution in [2.24, 2.45) is 11.8 Å². The van der Waals surface area contributed by atoms with Crippen molar-refractivity contribution in [1.82, 2.24) is 20.4 Å². The molecule has 2 aromatic carbocycles. The first-order valence-electron chi connectivity index (χ1n) is 14.9. The van der Waals surface area contributed by atoms with E-state index in [2.05, 4.69) is 25.3 Å². The number of likely N-dealkylation sites (tertiary alicyclic amines) is 1. The minimum Gasteiger partial charge on any atom is -0.444 e. The van der Waals surface area contributed by atoms with Crippen LogP contribution in [0.1, 0.15) is 64.4 Å². The molecule has 228 valence electrons. The number of benzene rings is 2. The lowest BCUT2D eigenvalue weighted by molar-refractivity contribution is -0.141. The Morgan fingerprint density at radius 2 is 1.70 bits per heavy atom. The summed E-state index contributed by atoms with van der Waals surface area (Å²) in [6, 6.07) is 16.1. The van der Waals surface area contributed by atoms with E-state index in [1.54, 1.807) is 29.2 Å². The van der Waals surface area contributed by atoms with Gasteiger partial charge in [-0.05, 0) is 88.6 Å². The summed E-state index contributed by atoms with van der Waals surface area (Å²) in [5, 5.41) is 8.33. The summed E-state index contributed by atoms with van der Waals surface area (Å²) < 4.78 is 9.98. The second-order valence-electron chi connectivity index (χ2n) is 12.4. The van der Waals surface area contributed by atoms with E-state index in [1.165, 1.54) is 0 Å². The molecule has 1 unspecified atom stereocenters. The highest BCUT2D eigenvalue weighted by Gasteiger charge is 2.44. The van der Waals surface area contributed by atoms with Crippen LogP contribution in [0.25, 0.3) is 11.4 Å². The summed E-state index contributed by atoms with van der Waals surface area (Å²) in [7, 11) is 0. The molecule has 2 fully saturated rings. The van der Waals surface area contributed by atoms with Crippen molar-refractivity contribution in [3.8, 4) is 11.4 Å². The molecule has 11 heteroatoms. The van der Waals surface area contributed by atoms with Crippen LogP contribution in [0.2, 0.25) is 0 Å². The van der Waals surface area contributed by atoms with Gasteiger partial charge in [0.25, 0.3) is 0 Å². The van der Waals surface area contributed by atoms with Gasteiger partial charge in [-0.2, -0.15) is 10.1 Å². The normalized spacial score (nSPS) is 22.2. The second-order valence-corrected chi connectivity index (χ2v) is 12.4. The van der Waals surface area contributed by atoms with Gasteiger partial charge in [0.05, 0.1) is 0 Å². The van der Waals surface area contributed by atoms with Crippen LogP contribution in [0.4, 0.5) is 10.5 Å². The molecule has 0 bridgehead atoms. The Bertz CT molecular complexity index is 1470. The molecule has 1 aliphatic heterocycles. The van der Waals surface area contributed by atoms with Gasteiger partial charge in [0.2, 0.25) is 11.8 Å². The Kier molecular flexibility index (Phi) is 8.98. The van der Waals surface area contributed by atoms with Crippen molar-refractivity contribution in [3.63, 3.8) is 0 Å². The van der Waals surface area contributed by atoms with Gasteiger partial charge in [-0.15, -0.1) is 0 Å². The summed E-state index contributed by atoms with van der Waals surface area (Å²) in [5.74, 6) is -0.638. The minimum absolute atomic E-state index is 0.0162. The molecule has 5 rings (SSSR count). The van der Waals surface area contributed by atoms with Gasteiger partial charge < -0.3 is 24.8 Å². The summed E-state index contributed by atoms with van der Waals surface area (Å²) in [4.78, 5) is 56.6. The van der Waals surface area contributed by atoms with Gasteiger partial charge in [0, 0.05) is 36.2 Å². The molecular weight excluding hydrogens is 550 g/mol. The molecule has 1 aliphatic carbocycles. The van der Waals surface area contributed by atoms with Crippen molar-refractivity contribution in [2.45, 2.75) is 70.4 Å². The summed E-state index contributed by atoms with van der Waals surface area (Å²) >= 11 is 0. The highest BCUT2D eigenvalue weighted by atomic mass is 16.6. The van der Waals surface area contributed by atoms with Crippen molar-refractivity contribution >= 4 is 23.6 Å². The van der Waals surface area contributed by atoms with Crippen molar-refractivity contribution in [1.29, 1.82) is 0 Å². The first-order valence-corrected chi connectivity index (χ1v) is 14.9. The number of hydrogen-bond donors (Lipinski definition) is 3. The smallest absolute Gasteiger partial charge is 0.444 e. The third kappa shape index (κ3) is 7.52. The molecule has 3 N–H and O–H groups in total. The van der Waals surface area contributed by atoms with Gasteiger partial charge in [0.1, 0.15) is 11.6 Å². The number of hydrogen-bond acceptors (Lipinski definition) is 7. The lowest BCUT2D eigenvalue weighted by Gasteiger charge is -2.34. The molecule has 2 atom stereocenters. The molecule has 11 nitrogen and oxygen atoms in total. The molecule has 3 amide bonds. The lowest BCUT2D eigenvalue weighted by atomic mass is 9.81. The number of amides is 3. The maximum atomic E-state index is 13.9. The molecule has 1 saturated heterocycles. The first-order chi connectivity index (χ1) is 20.6. The Hall–Kier alpha value is -4.41. The number of aromatic amines is 1. The van der Waals surface area contributed by atoms with Crippen LogP contribution >= 0.6 is 0 Å². The lowest BCUT2D eigenvalue weighted by Crippen LogP contribution is -2.48. The standard InChI is InChI=1S/C32H39N5O6/c1-32(2,3)42-30(40)33-19-20-9-11-23(12-10-20)29(39)37-18-17-25(21-7-5-4-6-8-21)26(37)28(38)34-24-15-13-22(14-16-24)27-35-31(41)43-36-27/h4-8,13-16,20,23,25-26H,9-12,17-19H2,1-3H3,(H,33,40)(H,34,38)(H,35,36,41)/t20-,23-,25-,26?/m0/s1. The number of nitrogens with one attached hydrogen (secondary N) is 3. The maximum Gasteiger partial charge on any atom is 0.460 e. The van der Waals surface area contributed by atoms with E-state index < -0.39 is 23.5 Å². The largest absolute Gasteiger partial charge is 0.460 e. The van der Waals surface area contributed by atoms with E-state index in [1.807, 2.05) is 51.1 Å². The van der Waals surface area contributed by atoms with E-state index >= 15 is 0 Å². The molecule has 2 aliphatic rings. The molecule has 0 radical (unpaired) electrons. The number of alkyl carbamates (subject to hydrolysis) is 1. The van der Waals surface area contributed by atoms with Crippen LogP contribution in [0.15, 0.2) is 63.9 Å². The minimum atomic E-state index is -0.712. The van der Waals surface area contributed by atoms with Crippen LogP contribution in [-0.4, -0.2) is 57.7 Å². The number of H-pyrrole nitrogens is 1. The van der Waals surface area contributed by atoms with Gasteiger partial charge in [-0.1, -0.05) is 30.3 Å². The Morgan fingerprint density at radius 3 is 2.33 bits per heavy atom. The van der Waals surface area contributed by atoms with Crippen LogP contribution in [0, 0.1) is 11.8 Å². The summed E-state index contributed by atoms with van der Waals surface area (Å²) in [6.07, 6.45) is 3.34. The van der Waals surface area contributed by atoms with Crippen molar-refractivity contribution in [3.05, 3.63) is 70.7 Å². The van der Waals surface area contributed by atoms with E-state index in [0.717, 1.165) is 18.4 Å². The van der Waals surface area contributed by atoms with E-state index in [-0.39, 0.29) is 29.6 Å². The highest BCUT2D eigenvalue weighted by molar-refractivity contribution is 5.98. The van der Waals surface area contributed by atoms with E-state index in [9.17, 15) is 19.2 Å².